The van der Waals surface area contributed by atoms with Gasteiger partial charge in [0.2, 0.25) is 0 Å². The van der Waals surface area contributed by atoms with E-state index in [1.165, 1.54) is 0 Å². The number of hydrogen-bond acceptors (Lipinski definition) is 0. The number of rotatable bonds is 0. The summed E-state index contributed by atoms with van der Waals surface area (Å²) in [4.78, 5) is 0. The maximum absolute atomic E-state index is 0. The van der Waals surface area contributed by atoms with Gasteiger partial charge in [0, 0.05) is 39.4 Å². The van der Waals surface area contributed by atoms with E-state index in [2.05, 4.69) is 0 Å². The second-order valence-electron chi connectivity index (χ2n) is 0. The molecule has 0 rings (SSSR count). The molecule has 0 aromatic rings. The topological polar surface area (TPSA) is 0 Å². The van der Waals surface area contributed by atoms with Crippen molar-refractivity contribution in [1.82, 2.24) is 0 Å². The summed E-state index contributed by atoms with van der Waals surface area (Å²) in [7, 11) is 0. The predicted octanol–water partition coefficient (Wildman–Crippen LogP) is -0.571. The van der Waals surface area contributed by atoms with Crippen molar-refractivity contribution in [3.8, 4) is 0 Å². The molecule has 0 atom stereocenters. The molecule has 0 unspecified atom stereocenters. The molecule has 38 valence electrons. The van der Waals surface area contributed by atoms with E-state index in [9.17, 15) is 0 Å². The summed E-state index contributed by atoms with van der Waals surface area (Å²) >= 11 is 0. The molecular formula is H4AgBiCuI. The first kappa shape index (κ1) is 28.7. The van der Waals surface area contributed by atoms with Crippen LogP contribution in [-0.4, -0.2) is 26.2 Å². The van der Waals surface area contributed by atoms with Crippen molar-refractivity contribution in [2.45, 2.75) is 0 Å². The molecule has 0 saturated carbocycles. The van der Waals surface area contributed by atoms with Gasteiger partial charge in [0.1, 0.15) is 0 Å². The average molecular weight is 511 g/mol. The van der Waals surface area contributed by atoms with Gasteiger partial charge in [-0.1, -0.05) is 0 Å². The Hall–Kier alpha value is 2.87. The monoisotopic (exact) mass is 510 g/mol. The van der Waals surface area contributed by atoms with Crippen LogP contribution in [-0.2, 0) is 39.4 Å². The van der Waals surface area contributed by atoms with Crippen molar-refractivity contribution in [1.29, 1.82) is 0 Å². The molecule has 4 heteroatoms. The third-order valence-electron chi connectivity index (χ3n) is 0. The number of halogens is 1. The van der Waals surface area contributed by atoms with Gasteiger partial charge < -0.3 is 0 Å². The minimum Gasteiger partial charge on any atom is 0 e. The van der Waals surface area contributed by atoms with E-state index in [1.807, 2.05) is 0 Å². The summed E-state index contributed by atoms with van der Waals surface area (Å²) < 4.78 is 0. The molecule has 0 aromatic carbocycles. The molecule has 0 fully saturated rings. The molecule has 0 aromatic heterocycles. The Morgan fingerprint density at radius 1 is 1.00 bits per heavy atom. The Morgan fingerprint density at radius 3 is 1.00 bits per heavy atom. The van der Waals surface area contributed by atoms with Crippen LogP contribution in [0.3, 0.4) is 0 Å². The second-order valence-corrected chi connectivity index (χ2v) is 0. The van der Waals surface area contributed by atoms with Crippen molar-refractivity contribution in [2.75, 3.05) is 0 Å². The first-order chi connectivity index (χ1) is 0. The largest absolute Gasteiger partial charge is 0 e. The fraction of sp³-hybridized carbons (Fsp3) is 0. The summed E-state index contributed by atoms with van der Waals surface area (Å²) in [6, 6.07) is 0. The maximum Gasteiger partial charge on any atom is 0 e. The van der Waals surface area contributed by atoms with Crippen LogP contribution >= 0.6 is 24.0 Å². The molecule has 0 N–H and O–H groups in total. The third-order valence-corrected chi connectivity index (χ3v) is 0. The Labute approximate surface area is 88.0 Å². The molecular weight excluding hydrogens is 507 g/mol. The van der Waals surface area contributed by atoms with E-state index < -0.39 is 0 Å². The molecule has 0 aliphatic rings. The van der Waals surface area contributed by atoms with Crippen LogP contribution in [0.4, 0.5) is 0 Å². The van der Waals surface area contributed by atoms with Gasteiger partial charge in [-0.15, -0.1) is 24.0 Å². The standard InChI is InChI=1S/Ag.Bi.Cu.HI.3H/h;;;1H;;;. The van der Waals surface area contributed by atoms with E-state index in [4.69, 9.17) is 0 Å². The van der Waals surface area contributed by atoms with Gasteiger partial charge in [-0.25, -0.2) is 0 Å². The smallest absolute Gasteiger partial charge is 0 e. The van der Waals surface area contributed by atoms with E-state index >= 15 is 0 Å². The molecule has 0 amide bonds. The first-order valence-electron chi connectivity index (χ1n) is 0. The summed E-state index contributed by atoms with van der Waals surface area (Å²) in [5, 5.41) is 0. The van der Waals surface area contributed by atoms with Crippen molar-refractivity contribution in [3.05, 3.63) is 0 Å². The van der Waals surface area contributed by atoms with Gasteiger partial charge in [0.05, 0.1) is 0 Å². The molecule has 0 aliphatic heterocycles. The zero-order valence-electron chi connectivity index (χ0n) is 1.72. The van der Waals surface area contributed by atoms with E-state index in [1.54, 1.807) is 0 Å². The average Bonchev–Trinajstić information content (AvgIpc) is 0. The Morgan fingerprint density at radius 2 is 1.00 bits per heavy atom. The van der Waals surface area contributed by atoms with Crippen molar-refractivity contribution in [3.63, 3.8) is 0 Å². The van der Waals surface area contributed by atoms with Crippen LogP contribution < -0.4 is 0 Å². The summed E-state index contributed by atoms with van der Waals surface area (Å²) in [6.07, 6.45) is 0. The van der Waals surface area contributed by atoms with E-state index in [-0.39, 0.29) is 89.6 Å². The van der Waals surface area contributed by atoms with Gasteiger partial charge in [-0.05, 0) is 0 Å². The summed E-state index contributed by atoms with van der Waals surface area (Å²) in [5.41, 5.74) is 0. The summed E-state index contributed by atoms with van der Waals surface area (Å²) in [5.74, 6) is 0. The molecule has 2 radical (unpaired) electrons. The van der Waals surface area contributed by atoms with Crippen LogP contribution in [0.15, 0.2) is 0 Å². The SMILES string of the molecule is I.[Ag].[BiH3].[Cu]. The normalized spacial score (nSPS) is 0. The van der Waals surface area contributed by atoms with Crippen LogP contribution in [0.5, 0.6) is 0 Å². The molecule has 0 saturated heterocycles. The minimum absolute atomic E-state index is 0. The van der Waals surface area contributed by atoms with Gasteiger partial charge >= 0.3 is 26.2 Å². The van der Waals surface area contributed by atoms with E-state index in [0.29, 0.717) is 0 Å². The zero-order chi connectivity index (χ0) is 0. The second kappa shape index (κ2) is 16.9. The van der Waals surface area contributed by atoms with Gasteiger partial charge in [-0.3, -0.25) is 0 Å². The molecule has 0 spiro atoms. The van der Waals surface area contributed by atoms with Crippen LogP contribution in [0.1, 0.15) is 0 Å². The van der Waals surface area contributed by atoms with Crippen LogP contribution in [0, 0.1) is 0 Å². The van der Waals surface area contributed by atoms with Gasteiger partial charge in [0.25, 0.3) is 0 Å². The van der Waals surface area contributed by atoms with Gasteiger partial charge in [-0.2, -0.15) is 0 Å². The molecule has 0 heterocycles. The van der Waals surface area contributed by atoms with E-state index in [0.717, 1.165) is 0 Å². The quantitative estimate of drug-likeness (QED) is 0.302. The molecule has 0 bridgehead atoms. The van der Waals surface area contributed by atoms with Crippen molar-refractivity contribution in [2.24, 2.45) is 0 Å². The Bertz CT molecular complexity index is 8.00. The fourth-order valence-electron chi connectivity index (χ4n) is 0. The fourth-order valence-corrected chi connectivity index (χ4v) is 0. The van der Waals surface area contributed by atoms with Crippen LogP contribution in [0.25, 0.3) is 0 Å². The molecule has 0 aliphatic carbocycles. The minimum atomic E-state index is 0. The zero-order valence-corrected chi connectivity index (χ0v) is 12.0. The van der Waals surface area contributed by atoms with Crippen molar-refractivity contribution < 1.29 is 39.4 Å². The van der Waals surface area contributed by atoms with Crippen molar-refractivity contribution >= 4 is 50.2 Å². The Kier molecular flexibility index (Phi) is 121. The third kappa shape index (κ3) is 8.86. The molecule has 4 heavy (non-hydrogen) atoms. The van der Waals surface area contributed by atoms with Gasteiger partial charge in [0.15, 0.2) is 0 Å². The number of hydrogen-bond donors (Lipinski definition) is 0. The first-order valence-corrected chi connectivity index (χ1v) is 0. The molecule has 0 nitrogen and oxygen atoms in total. The summed E-state index contributed by atoms with van der Waals surface area (Å²) in [6.45, 7) is 0. The van der Waals surface area contributed by atoms with Crippen LogP contribution in [0.2, 0.25) is 0 Å². The maximum atomic E-state index is 0. The predicted molar refractivity (Wildman–Crippen MR) is 25.4 cm³/mol. The Balaban J connectivity index is 0.